The molecule has 104 valence electrons. The van der Waals surface area contributed by atoms with Crippen LogP contribution in [0.15, 0.2) is 24.3 Å². The lowest BCUT2D eigenvalue weighted by atomic mass is 10.2. The zero-order valence-corrected chi connectivity index (χ0v) is 14.1. The van der Waals surface area contributed by atoms with E-state index >= 15 is 0 Å². The number of anilines is 1. The second-order valence-electron chi connectivity index (χ2n) is 4.41. The Hall–Kier alpha value is -0.860. The third kappa shape index (κ3) is 2.29. The number of nitrogens with two attached hydrogens (primary N) is 1. The lowest BCUT2D eigenvalue weighted by molar-refractivity contribution is 0.619. The number of rotatable bonds is 2. The van der Waals surface area contributed by atoms with Crippen molar-refractivity contribution in [3.05, 3.63) is 42.9 Å². The zero-order chi connectivity index (χ0) is 14.4. The Balaban J connectivity index is 2.20. The molecule has 0 aliphatic heterocycles. The number of aromatic nitrogens is 2. The van der Waals surface area contributed by atoms with Gasteiger partial charge >= 0.3 is 0 Å². The van der Waals surface area contributed by atoms with Crippen molar-refractivity contribution in [2.75, 3.05) is 5.73 Å². The molecule has 2 heterocycles. The van der Waals surface area contributed by atoms with Gasteiger partial charge in [-0.3, -0.25) is 0 Å². The number of nitrogen functional groups attached to an aromatic ring is 1. The van der Waals surface area contributed by atoms with Crippen LogP contribution in [-0.2, 0) is 0 Å². The van der Waals surface area contributed by atoms with Gasteiger partial charge in [-0.2, -0.15) is 0 Å². The highest BCUT2D eigenvalue weighted by Crippen LogP contribution is 2.33. The van der Waals surface area contributed by atoms with Crippen molar-refractivity contribution in [2.45, 2.75) is 13.0 Å². The quantitative estimate of drug-likeness (QED) is 0.610. The molecule has 3 aromatic rings. The fraction of sp³-hybridized carbons (Fsp3) is 0.154. The minimum Gasteiger partial charge on any atom is -0.369 e. The number of benzene rings is 1. The Morgan fingerprint density at radius 1 is 1.45 bits per heavy atom. The minimum absolute atomic E-state index is 0.0445. The van der Waals surface area contributed by atoms with Gasteiger partial charge in [0.05, 0.1) is 25.0 Å². The van der Waals surface area contributed by atoms with E-state index < -0.39 is 0 Å². The molecule has 2 N–H and O–H groups in total. The van der Waals surface area contributed by atoms with Crippen molar-refractivity contribution >= 4 is 62.5 Å². The average Bonchev–Trinajstić information content (AvgIpc) is 2.93. The third-order valence-electron chi connectivity index (χ3n) is 3.15. The second kappa shape index (κ2) is 5.16. The standard InChI is InChI=1S/C13H10ClFIN3S/c1-6(11-2-3-12(14)20-11)19-10-4-7(15)8(16)5-9(10)18-13(19)17/h2-6H,1H3,(H2,17,18). The van der Waals surface area contributed by atoms with Gasteiger partial charge < -0.3 is 10.3 Å². The fourth-order valence-electron chi connectivity index (χ4n) is 2.20. The van der Waals surface area contributed by atoms with Crippen molar-refractivity contribution in [3.63, 3.8) is 0 Å². The van der Waals surface area contributed by atoms with Gasteiger partial charge in [0.25, 0.3) is 0 Å². The lowest BCUT2D eigenvalue weighted by Crippen LogP contribution is -2.09. The van der Waals surface area contributed by atoms with Crippen LogP contribution in [-0.4, -0.2) is 9.55 Å². The SMILES string of the molecule is CC(c1ccc(Cl)s1)n1c(N)nc2cc(I)c(F)cc21. The molecule has 20 heavy (non-hydrogen) atoms. The van der Waals surface area contributed by atoms with E-state index in [1.54, 1.807) is 6.07 Å². The summed E-state index contributed by atoms with van der Waals surface area (Å²) in [6, 6.07) is 6.93. The van der Waals surface area contributed by atoms with Gasteiger partial charge in [-0.1, -0.05) is 11.6 Å². The molecule has 0 aliphatic carbocycles. The van der Waals surface area contributed by atoms with E-state index in [0.29, 0.717) is 20.6 Å². The first-order valence-electron chi connectivity index (χ1n) is 5.85. The maximum atomic E-state index is 13.8. The van der Waals surface area contributed by atoms with Crippen LogP contribution in [0.5, 0.6) is 0 Å². The van der Waals surface area contributed by atoms with E-state index in [9.17, 15) is 4.39 Å². The largest absolute Gasteiger partial charge is 0.369 e. The smallest absolute Gasteiger partial charge is 0.201 e. The molecule has 1 unspecified atom stereocenters. The van der Waals surface area contributed by atoms with Gasteiger partial charge in [0.2, 0.25) is 5.95 Å². The highest BCUT2D eigenvalue weighted by Gasteiger charge is 2.18. The normalized spacial score (nSPS) is 13.0. The van der Waals surface area contributed by atoms with Gasteiger partial charge in [0.15, 0.2) is 0 Å². The summed E-state index contributed by atoms with van der Waals surface area (Å²) in [6.45, 7) is 2.00. The maximum absolute atomic E-state index is 13.8. The van der Waals surface area contributed by atoms with Gasteiger partial charge in [0.1, 0.15) is 5.82 Å². The molecule has 3 nitrogen and oxygen atoms in total. The molecule has 2 aromatic heterocycles. The number of halogens is 3. The summed E-state index contributed by atoms with van der Waals surface area (Å²) < 4.78 is 16.9. The molecule has 0 bridgehead atoms. The van der Waals surface area contributed by atoms with Crippen LogP contribution < -0.4 is 5.73 Å². The van der Waals surface area contributed by atoms with Crippen LogP contribution in [0.25, 0.3) is 11.0 Å². The van der Waals surface area contributed by atoms with Crippen LogP contribution in [0, 0.1) is 9.39 Å². The van der Waals surface area contributed by atoms with Crippen molar-refractivity contribution < 1.29 is 4.39 Å². The van der Waals surface area contributed by atoms with Crippen molar-refractivity contribution in [1.29, 1.82) is 0 Å². The molecular formula is C13H10ClFIN3S. The minimum atomic E-state index is -0.268. The summed E-state index contributed by atoms with van der Waals surface area (Å²) in [5, 5.41) is 0. The number of thiophene rings is 1. The topological polar surface area (TPSA) is 43.8 Å². The third-order valence-corrected chi connectivity index (χ3v) is 5.38. The molecule has 0 radical (unpaired) electrons. The van der Waals surface area contributed by atoms with E-state index in [2.05, 4.69) is 4.98 Å². The van der Waals surface area contributed by atoms with E-state index in [-0.39, 0.29) is 11.9 Å². The molecule has 0 fully saturated rings. The summed E-state index contributed by atoms with van der Waals surface area (Å²) in [5.74, 6) is 0.106. The Bertz CT molecular complexity index is 798. The predicted octanol–water partition coefficient (Wildman–Crippen LogP) is 4.69. The van der Waals surface area contributed by atoms with Crippen LogP contribution in [0.4, 0.5) is 10.3 Å². The van der Waals surface area contributed by atoms with Gasteiger partial charge in [-0.05, 0) is 47.7 Å². The molecule has 0 aliphatic rings. The Morgan fingerprint density at radius 2 is 2.20 bits per heavy atom. The molecule has 1 aromatic carbocycles. The monoisotopic (exact) mass is 421 g/mol. The summed E-state index contributed by atoms with van der Waals surface area (Å²) in [6.07, 6.45) is 0. The number of fused-ring (bicyclic) bond motifs is 1. The first kappa shape index (κ1) is 14.1. The lowest BCUT2D eigenvalue weighted by Gasteiger charge is -2.14. The number of hydrogen-bond acceptors (Lipinski definition) is 3. The molecule has 1 atom stereocenters. The summed E-state index contributed by atoms with van der Waals surface area (Å²) >= 11 is 9.40. The Kier molecular flexibility index (Phi) is 3.64. The van der Waals surface area contributed by atoms with Crippen LogP contribution >= 0.6 is 45.5 Å². The molecular weight excluding hydrogens is 412 g/mol. The van der Waals surface area contributed by atoms with Gasteiger partial charge in [0, 0.05) is 10.9 Å². The highest BCUT2D eigenvalue weighted by atomic mass is 127. The number of hydrogen-bond donors (Lipinski definition) is 1. The highest BCUT2D eigenvalue weighted by molar-refractivity contribution is 14.1. The number of nitrogens with zero attached hydrogens (tertiary/aromatic N) is 2. The van der Waals surface area contributed by atoms with E-state index in [4.69, 9.17) is 17.3 Å². The molecule has 0 amide bonds. The van der Waals surface area contributed by atoms with Crippen molar-refractivity contribution in [3.8, 4) is 0 Å². The molecule has 7 heteroatoms. The molecule has 3 rings (SSSR count). The Morgan fingerprint density at radius 3 is 2.85 bits per heavy atom. The van der Waals surface area contributed by atoms with Gasteiger partial charge in [-0.15, -0.1) is 11.3 Å². The fourth-order valence-corrected chi connectivity index (χ4v) is 3.75. The van der Waals surface area contributed by atoms with Crippen LogP contribution in [0.1, 0.15) is 17.8 Å². The predicted molar refractivity (Wildman–Crippen MR) is 90.0 cm³/mol. The van der Waals surface area contributed by atoms with Crippen molar-refractivity contribution in [2.24, 2.45) is 0 Å². The summed E-state index contributed by atoms with van der Waals surface area (Å²) in [7, 11) is 0. The summed E-state index contributed by atoms with van der Waals surface area (Å²) in [4.78, 5) is 5.36. The molecule has 0 spiro atoms. The van der Waals surface area contributed by atoms with Crippen LogP contribution in [0.2, 0.25) is 4.34 Å². The number of imidazole rings is 1. The zero-order valence-electron chi connectivity index (χ0n) is 10.4. The van der Waals surface area contributed by atoms with Gasteiger partial charge in [-0.25, -0.2) is 9.37 Å². The Labute approximate surface area is 137 Å². The molecule has 0 saturated heterocycles. The van der Waals surface area contributed by atoms with E-state index in [1.807, 2.05) is 46.2 Å². The van der Waals surface area contributed by atoms with Crippen molar-refractivity contribution in [1.82, 2.24) is 9.55 Å². The van der Waals surface area contributed by atoms with E-state index in [0.717, 1.165) is 9.21 Å². The first-order valence-corrected chi connectivity index (χ1v) is 8.12. The second-order valence-corrected chi connectivity index (χ2v) is 7.32. The molecule has 0 saturated carbocycles. The average molecular weight is 422 g/mol. The maximum Gasteiger partial charge on any atom is 0.201 e. The van der Waals surface area contributed by atoms with E-state index in [1.165, 1.54) is 17.4 Å². The first-order chi connectivity index (χ1) is 9.47. The van der Waals surface area contributed by atoms with Crippen LogP contribution in [0.3, 0.4) is 0 Å². The summed E-state index contributed by atoms with van der Waals surface area (Å²) in [5.41, 5.74) is 7.39.